The van der Waals surface area contributed by atoms with Gasteiger partial charge in [0.05, 0.1) is 18.8 Å². The van der Waals surface area contributed by atoms with E-state index in [1.165, 1.54) is 5.69 Å². The molecule has 1 aromatic heterocycles. The van der Waals surface area contributed by atoms with E-state index in [2.05, 4.69) is 51.0 Å². The van der Waals surface area contributed by atoms with Gasteiger partial charge in [-0.05, 0) is 31.7 Å². The van der Waals surface area contributed by atoms with Crippen molar-refractivity contribution in [1.82, 2.24) is 14.9 Å². The zero-order valence-corrected chi connectivity index (χ0v) is 15.9. The molecule has 0 saturated carbocycles. The molecule has 2 aromatic rings. The van der Waals surface area contributed by atoms with Crippen molar-refractivity contribution < 1.29 is 4.74 Å². The summed E-state index contributed by atoms with van der Waals surface area (Å²) in [6, 6.07) is 10.4. The molecule has 26 heavy (non-hydrogen) atoms. The van der Waals surface area contributed by atoms with E-state index in [9.17, 15) is 0 Å². The second kappa shape index (κ2) is 6.85. The Morgan fingerprint density at radius 1 is 1.08 bits per heavy atom. The van der Waals surface area contributed by atoms with Crippen LogP contribution in [-0.2, 0) is 4.74 Å². The maximum atomic E-state index is 6.16. The van der Waals surface area contributed by atoms with Gasteiger partial charge in [-0.25, -0.2) is 9.97 Å². The Hall–Kier alpha value is -2.18. The van der Waals surface area contributed by atoms with Crippen molar-refractivity contribution in [2.24, 2.45) is 0 Å². The first-order chi connectivity index (χ1) is 12.5. The third-order valence-corrected chi connectivity index (χ3v) is 5.36. The Balaban J connectivity index is 1.53. The van der Waals surface area contributed by atoms with Crippen molar-refractivity contribution in [3.05, 3.63) is 36.5 Å². The number of hydrogen-bond acceptors (Lipinski definition) is 6. The van der Waals surface area contributed by atoms with Crippen molar-refractivity contribution in [2.75, 3.05) is 63.7 Å². The quantitative estimate of drug-likeness (QED) is 0.842. The van der Waals surface area contributed by atoms with E-state index in [1.807, 2.05) is 26.4 Å². The van der Waals surface area contributed by atoms with Crippen LogP contribution in [0.2, 0.25) is 0 Å². The number of rotatable bonds is 3. The highest BCUT2D eigenvalue weighted by Crippen LogP contribution is 2.31. The Bertz CT molecular complexity index is 763. The minimum absolute atomic E-state index is 0.0697. The molecule has 1 aromatic carbocycles. The normalized spacial score (nSPS) is 23.6. The SMILES string of the molecule is CN1CCOC2(CCN(c3nccc(-c4ccc(N(C)C)cc4)n3)C2)C1. The first kappa shape index (κ1) is 17.2. The summed E-state index contributed by atoms with van der Waals surface area (Å²) in [5.74, 6) is 0.799. The van der Waals surface area contributed by atoms with E-state index in [4.69, 9.17) is 9.72 Å². The third-order valence-electron chi connectivity index (χ3n) is 5.36. The highest BCUT2D eigenvalue weighted by molar-refractivity contribution is 5.63. The fourth-order valence-electron chi connectivity index (χ4n) is 3.89. The van der Waals surface area contributed by atoms with Crippen LogP contribution in [0.25, 0.3) is 11.3 Å². The van der Waals surface area contributed by atoms with Gasteiger partial charge < -0.3 is 19.4 Å². The van der Waals surface area contributed by atoms with Crippen LogP contribution in [-0.4, -0.2) is 74.4 Å². The van der Waals surface area contributed by atoms with Crippen LogP contribution in [0, 0.1) is 0 Å². The number of nitrogens with zero attached hydrogens (tertiary/aromatic N) is 5. The largest absolute Gasteiger partial charge is 0.378 e. The molecular formula is C20H27N5O. The molecule has 1 spiro atoms. The van der Waals surface area contributed by atoms with Crippen molar-refractivity contribution >= 4 is 11.6 Å². The molecule has 2 fully saturated rings. The molecule has 0 aliphatic carbocycles. The predicted octanol–water partition coefficient (Wildman–Crippen LogP) is 2.12. The molecule has 6 heteroatoms. The number of aromatic nitrogens is 2. The standard InChI is InChI=1S/C20H27N5O/c1-23(2)17-6-4-16(5-7-17)18-8-10-21-19(22-18)25-11-9-20(15-25)14-24(3)12-13-26-20/h4-8,10H,9,11-15H2,1-3H3. The van der Waals surface area contributed by atoms with Crippen LogP contribution in [0.5, 0.6) is 0 Å². The van der Waals surface area contributed by atoms with Crippen LogP contribution in [0.3, 0.4) is 0 Å². The lowest BCUT2D eigenvalue weighted by molar-refractivity contribution is -0.0886. The van der Waals surface area contributed by atoms with E-state index in [0.29, 0.717) is 0 Å². The third kappa shape index (κ3) is 3.39. The molecule has 0 N–H and O–H groups in total. The Labute approximate surface area is 155 Å². The van der Waals surface area contributed by atoms with Gasteiger partial charge in [0.1, 0.15) is 5.60 Å². The van der Waals surface area contributed by atoms with Crippen molar-refractivity contribution in [2.45, 2.75) is 12.0 Å². The summed E-state index contributed by atoms with van der Waals surface area (Å²) in [7, 11) is 6.26. The molecule has 6 nitrogen and oxygen atoms in total. The molecule has 4 rings (SSSR count). The number of hydrogen-bond donors (Lipinski definition) is 0. The summed E-state index contributed by atoms with van der Waals surface area (Å²) in [5, 5.41) is 0. The lowest BCUT2D eigenvalue weighted by Crippen LogP contribution is -2.52. The van der Waals surface area contributed by atoms with Gasteiger partial charge in [-0.1, -0.05) is 12.1 Å². The van der Waals surface area contributed by atoms with Gasteiger partial charge >= 0.3 is 0 Å². The van der Waals surface area contributed by atoms with Gasteiger partial charge in [-0.2, -0.15) is 0 Å². The highest BCUT2D eigenvalue weighted by atomic mass is 16.5. The Kier molecular flexibility index (Phi) is 4.54. The molecule has 3 heterocycles. The summed E-state index contributed by atoms with van der Waals surface area (Å²) < 4.78 is 6.16. The summed E-state index contributed by atoms with van der Waals surface area (Å²) in [4.78, 5) is 16.1. The predicted molar refractivity (Wildman–Crippen MR) is 105 cm³/mol. The highest BCUT2D eigenvalue weighted by Gasteiger charge is 2.42. The number of benzene rings is 1. The molecule has 2 aliphatic heterocycles. The number of anilines is 2. The monoisotopic (exact) mass is 353 g/mol. The molecule has 2 saturated heterocycles. The van der Waals surface area contributed by atoms with Gasteiger partial charge in [0.2, 0.25) is 5.95 Å². The molecule has 0 amide bonds. The summed E-state index contributed by atoms with van der Waals surface area (Å²) >= 11 is 0. The van der Waals surface area contributed by atoms with E-state index >= 15 is 0 Å². The number of likely N-dealkylation sites (N-methyl/N-ethyl adjacent to an activating group) is 1. The average molecular weight is 353 g/mol. The number of morpholine rings is 1. The van der Waals surface area contributed by atoms with Gasteiger partial charge in [-0.3, -0.25) is 0 Å². The smallest absolute Gasteiger partial charge is 0.225 e. The zero-order chi connectivity index (χ0) is 18.1. The summed E-state index contributed by atoms with van der Waals surface area (Å²) in [6.07, 6.45) is 2.89. The van der Waals surface area contributed by atoms with Gasteiger partial charge in [-0.15, -0.1) is 0 Å². The summed E-state index contributed by atoms with van der Waals surface area (Å²) in [5.41, 5.74) is 3.19. The van der Waals surface area contributed by atoms with E-state index in [0.717, 1.165) is 56.4 Å². The van der Waals surface area contributed by atoms with Gasteiger partial charge in [0, 0.05) is 51.2 Å². The fraction of sp³-hybridized carbons (Fsp3) is 0.500. The van der Waals surface area contributed by atoms with E-state index < -0.39 is 0 Å². The lowest BCUT2D eigenvalue weighted by atomic mass is 10.0. The molecule has 138 valence electrons. The molecule has 1 atom stereocenters. The number of ether oxygens (including phenoxy) is 1. The second-order valence-corrected chi connectivity index (χ2v) is 7.62. The maximum Gasteiger partial charge on any atom is 0.225 e. The Morgan fingerprint density at radius 3 is 2.62 bits per heavy atom. The molecule has 0 bridgehead atoms. The van der Waals surface area contributed by atoms with Crippen LogP contribution >= 0.6 is 0 Å². The molecule has 2 aliphatic rings. The van der Waals surface area contributed by atoms with E-state index in [-0.39, 0.29) is 5.60 Å². The molecule has 0 radical (unpaired) electrons. The van der Waals surface area contributed by atoms with Crippen LogP contribution in [0.1, 0.15) is 6.42 Å². The first-order valence-electron chi connectivity index (χ1n) is 9.23. The molecular weight excluding hydrogens is 326 g/mol. The van der Waals surface area contributed by atoms with Crippen molar-refractivity contribution in [3.63, 3.8) is 0 Å². The fourth-order valence-corrected chi connectivity index (χ4v) is 3.89. The molecule has 1 unspecified atom stereocenters. The maximum absolute atomic E-state index is 6.16. The van der Waals surface area contributed by atoms with Crippen molar-refractivity contribution in [3.8, 4) is 11.3 Å². The topological polar surface area (TPSA) is 44.7 Å². The van der Waals surface area contributed by atoms with Crippen LogP contribution in [0.4, 0.5) is 11.6 Å². The first-order valence-corrected chi connectivity index (χ1v) is 9.23. The minimum atomic E-state index is -0.0697. The van der Waals surface area contributed by atoms with Gasteiger partial charge in [0.15, 0.2) is 0 Å². The van der Waals surface area contributed by atoms with Crippen molar-refractivity contribution in [1.29, 1.82) is 0 Å². The summed E-state index contributed by atoms with van der Waals surface area (Å²) in [6.45, 7) is 4.60. The lowest BCUT2D eigenvalue weighted by Gasteiger charge is -2.38. The van der Waals surface area contributed by atoms with E-state index in [1.54, 1.807) is 0 Å². The second-order valence-electron chi connectivity index (χ2n) is 7.62. The van der Waals surface area contributed by atoms with Gasteiger partial charge in [0.25, 0.3) is 0 Å². The minimum Gasteiger partial charge on any atom is -0.378 e. The average Bonchev–Trinajstić information content (AvgIpc) is 3.05. The van der Waals surface area contributed by atoms with Crippen LogP contribution < -0.4 is 9.80 Å². The Morgan fingerprint density at radius 2 is 1.88 bits per heavy atom. The van der Waals surface area contributed by atoms with Crippen LogP contribution in [0.15, 0.2) is 36.5 Å². The zero-order valence-electron chi connectivity index (χ0n) is 15.9.